The second-order valence-corrected chi connectivity index (χ2v) is 12.0. The zero-order chi connectivity index (χ0) is 27.3. The van der Waals surface area contributed by atoms with E-state index in [4.69, 9.17) is 0 Å². The highest BCUT2D eigenvalue weighted by Gasteiger charge is 2.69. The van der Waals surface area contributed by atoms with Gasteiger partial charge in [-0.2, -0.15) is 0 Å². The Balaban J connectivity index is 2.14. The lowest BCUT2D eigenvalue weighted by Gasteiger charge is -2.54. The number of carbonyl (C=O) groups excluding carboxylic acids is 3. The number of aromatic hydroxyl groups is 2. The zero-order valence-corrected chi connectivity index (χ0v) is 22.0. The van der Waals surface area contributed by atoms with Crippen LogP contribution in [-0.2, 0) is 21.4 Å². The average Bonchev–Trinajstić information content (AvgIpc) is 2.73. The van der Waals surface area contributed by atoms with Crippen molar-refractivity contribution in [3.63, 3.8) is 0 Å². The van der Waals surface area contributed by atoms with Gasteiger partial charge in [0, 0.05) is 16.9 Å². The summed E-state index contributed by atoms with van der Waals surface area (Å²) in [6.45, 7) is 13.7. The third kappa shape index (κ3) is 2.98. The van der Waals surface area contributed by atoms with E-state index in [0.29, 0.717) is 22.1 Å². The molecule has 2 aromatic rings. The number of aliphatic hydroxyl groups is 2. The maximum Gasteiger partial charge on any atom is 0.209 e. The molecular formula is C29H34O7. The normalized spacial score (nSPS) is 26.4. The van der Waals surface area contributed by atoms with Crippen LogP contribution in [0.25, 0.3) is 10.8 Å². The van der Waals surface area contributed by atoms with Gasteiger partial charge in [0.2, 0.25) is 11.6 Å². The Morgan fingerprint density at radius 1 is 1.06 bits per heavy atom. The number of fused-ring (bicyclic) bond motifs is 3. The summed E-state index contributed by atoms with van der Waals surface area (Å²) in [7, 11) is 0. The Kier molecular flexibility index (Phi) is 5.50. The van der Waals surface area contributed by atoms with E-state index in [1.54, 1.807) is 39.8 Å². The molecule has 0 spiro atoms. The van der Waals surface area contributed by atoms with Crippen molar-refractivity contribution in [2.75, 3.05) is 0 Å². The number of rotatable bonds is 2. The number of phenolic OH excluding ortho intramolecular Hbond substituents is 2. The first kappa shape index (κ1) is 25.9. The highest BCUT2D eigenvalue weighted by molar-refractivity contribution is 6.33. The van der Waals surface area contributed by atoms with Crippen LogP contribution < -0.4 is 0 Å². The minimum atomic E-state index is -2.68. The van der Waals surface area contributed by atoms with Crippen molar-refractivity contribution in [3.05, 3.63) is 45.7 Å². The number of phenols is 2. The van der Waals surface area contributed by atoms with E-state index in [1.165, 1.54) is 0 Å². The van der Waals surface area contributed by atoms with Gasteiger partial charge in [0.1, 0.15) is 22.8 Å². The fourth-order valence-electron chi connectivity index (χ4n) is 6.61. The molecule has 0 saturated heterocycles. The van der Waals surface area contributed by atoms with Crippen molar-refractivity contribution in [1.82, 2.24) is 0 Å². The van der Waals surface area contributed by atoms with Crippen LogP contribution in [0.4, 0.5) is 0 Å². The Hall–Kier alpha value is -3.19. The molecule has 36 heavy (non-hydrogen) atoms. The molecule has 4 N–H and O–H groups in total. The summed E-state index contributed by atoms with van der Waals surface area (Å²) in [4.78, 5) is 40.1. The van der Waals surface area contributed by atoms with Gasteiger partial charge in [-0.05, 0) is 48.1 Å². The Bertz CT molecular complexity index is 1410. The quantitative estimate of drug-likeness (QED) is 0.355. The van der Waals surface area contributed by atoms with Crippen LogP contribution >= 0.6 is 0 Å². The van der Waals surface area contributed by atoms with E-state index in [2.05, 4.69) is 0 Å². The third-order valence-electron chi connectivity index (χ3n) is 8.36. The third-order valence-corrected chi connectivity index (χ3v) is 8.36. The number of benzene rings is 2. The van der Waals surface area contributed by atoms with Gasteiger partial charge in [0.05, 0.1) is 10.9 Å². The molecule has 192 valence electrons. The lowest BCUT2D eigenvalue weighted by molar-refractivity contribution is -0.153. The standard InChI is InChI=1S/C29H34O7/c1-12(2)21-24(33)18(14(4)30)25(34)29(36)26(35)20-16(11-28(21,29)8)13(3)15-9-10-17(27(5,6)7)22(31)19(15)23(20)32/h9-10,12,21,31-33,36H,11H2,1-8H3/t21?,28-,29+/m1/s1. The van der Waals surface area contributed by atoms with E-state index >= 15 is 0 Å². The van der Waals surface area contributed by atoms with Crippen molar-refractivity contribution < 1.29 is 34.8 Å². The molecule has 0 fully saturated rings. The molecule has 2 aliphatic rings. The molecule has 0 bridgehead atoms. The van der Waals surface area contributed by atoms with Crippen LogP contribution in [0.15, 0.2) is 23.5 Å². The molecule has 0 aromatic heterocycles. The first-order valence-electron chi connectivity index (χ1n) is 12.2. The first-order valence-corrected chi connectivity index (χ1v) is 12.2. The fourth-order valence-corrected chi connectivity index (χ4v) is 6.61. The van der Waals surface area contributed by atoms with Crippen LogP contribution in [-0.4, -0.2) is 43.4 Å². The minimum Gasteiger partial charge on any atom is -0.511 e. The Morgan fingerprint density at radius 3 is 2.14 bits per heavy atom. The lowest BCUT2D eigenvalue weighted by atomic mass is 9.48. The highest BCUT2D eigenvalue weighted by Crippen LogP contribution is 2.59. The number of ketones is 3. The molecule has 0 amide bonds. The maximum absolute atomic E-state index is 14.1. The van der Waals surface area contributed by atoms with E-state index in [-0.39, 0.29) is 29.0 Å². The molecule has 4 rings (SSSR count). The second-order valence-electron chi connectivity index (χ2n) is 12.0. The molecule has 0 heterocycles. The minimum absolute atomic E-state index is 0.00841. The number of Topliss-reactive ketones (excluding diaryl/α,β-unsaturated/α-hetero) is 3. The summed E-state index contributed by atoms with van der Waals surface area (Å²) in [5.41, 5.74) is -3.81. The largest absolute Gasteiger partial charge is 0.511 e. The number of allylic oxidation sites excluding steroid dienone is 1. The molecule has 3 atom stereocenters. The summed E-state index contributed by atoms with van der Waals surface area (Å²) < 4.78 is 0. The van der Waals surface area contributed by atoms with Gasteiger partial charge in [0.15, 0.2) is 11.4 Å². The molecule has 2 aromatic carbocycles. The smallest absolute Gasteiger partial charge is 0.209 e. The number of hydrogen-bond acceptors (Lipinski definition) is 7. The number of hydrogen-bond donors (Lipinski definition) is 4. The summed E-state index contributed by atoms with van der Waals surface area (Å²) in [6.07, 6.45) is -0.00841. The monoisotopic (exact) mass is 494 g/mol. The SMILES string of the molecule is CC(=O)C1=C(O)C(C(C)C)[C@@]2(C)Cc3c(c(O)c4c(O)c(C(C)(C)C)ccc4c3C)C(=O)[C@@]2(O)C1=O. The molecule has 0 radical (unpaired) electrons. The maximum atomic E-state index is 14.1. The van der Waals surface area contributed by atoms with Gasteiger partial charge in [-0.1, -0.05) is 53.7 Å². The highest BCUT2D eigenvalue weighted by atomic mass is 16.3. The summed E-state index contributed by atoms with van der Waals surface area (Å²) in [5.74, 6) is -5.23. The van der Waals surface area contributed by atoms with Crippen molar-refractivity contribution in [2.24, 2.45) is 17.3 Å². The van der Waals surface area contributed by atoms with E-state index in [0.717, 1.165) is 6.92 Å². The van der Waals surface area contributed by atoms with Crippen molar-refractivity contribution in [2.45, 2.75) is 72.8 Å². The molecule has 0 saturated carbocycles. The van der Waals surface area contributed by atoms with Crippen molar-refractivity contribution in [3.8, 4) is 11.5 Å². The Morgan fingerprint density at radius 2 is 1.64 bits per heavy atom. The predicted molar refractivity (Wildman–Crippen MR) is 135 cm³/mol. The average molecular weight is 495 g/mol. The van der Waals surface area contributed by atoms with Crippen LogP contribution in [0.5, 0.6) is 11.5 Å². The van der Waals surface area contributed by atoms with Gasteiger partial charge < -0.3 is 20.4 Å². The molecular weight excluding hydrogens is 460 g/mol. The molecule has 7 heteroatoms. The molecule has 7 nitrogen and oxygen atoms in total. The molecule has 0 aliphatic heterocycles. The number of aliphatic hydroxyl groups excluding tert-OH is 1. The topological polar surface area (TPSA) is 132 Å². The van der Waals surface area contributed by atoms with Gasteiger partial charge in [-0.25, -0.2) is 0 Å². The fraction of sp³-hybridized carbons (Fsp3) is 0.483. The van der Waals surface area contributed by atoms with Crippen LogP contribution in [0, 0.1) is 24.2 Å². The zero-order valence-electron chi connectivity index (χ0n) is 22.0. The van der Waals surface area contributed by atoms with Gasteiger partial charge in [-0.15, -0.1) is 0 Å². The lowest BCUT2D eigenvalue weighted by Crippen LogP contribution is -2.68. The van der Waals surface area contributed by atoms with Crippen molar-refractivity contribution in [1.29, 1.82) is 0 Å². The number of aryl methyl sites for hydroxylation is 1. The molecule has 1 unspecified atom stereocenters. The van der Waals surface area contributed by atoms with Gasteiger partial charge in [0.25, 0.3) is 0 Å². The molecule has 2 aliphatic carbocycles. The predicted octanol–water partition coefficient (Wildman–Crippen LogP) is 4.59. The van der Waals surface area contributed by atoms with Crippen molar-refractivity contribution >= 4 is 28.1 Å². The van der Waals surface area contributed by atoms with Crippen LogP contribution in [0.1, 0.15) is 75.5 Å². The second kappa shape index (κ2) is 7.65. The summed E-state index contributed by atoms with van der Waals surface area (Å²) in [5, 5.41) is 46.2. The Labute approximate surface area is 210 Å². The van der Waals surface area contributed by atoms with E-state index < -0.39 is 56.8 Å². The number of carbonyl (C=O) groups is 3. The summed E-state index contributed by atoms with van der Waals surface area (Å²) in [6, 6.07) is 3.57. The first-order chi connectivity index (χ1) is 16.4. The van der Waals surface area contributed by atoms with E-state index in [9.17, 15) is 34.8 Å². The summed E-state index contributed by atoms with van der Waals surface area (Å²) >= 11 is 0. The van der Waals surface area contributed by atoms with Crippen LogP contribution in [0.3, 0.4) is 0 Å². The van der Waals surface area contributed by atoms with E-state index in [1.807, 2.05) is 20.8 Å². The van der Waals surface area contributed by atoms with Gasteiger partial charge >= 0.3 is 0 Å². The van der Waals surface area contributed by atoms with Gasteiger partial charge in [-0.3, -0.25) is 14.4 Å². The van der Waals surface area contributed by atoms with Crippen LogP contribution in [0.2, 0.25) is 0 Å².